The third-order valence-corrected chi connectivity index (χ3v) is 4.91. The van der Waals surface area contributed by atoms with Gasteiger partial charge in [-0.3, -0.25) is 0 Å². The average molecular weight is 316 g/mol. The lowest BCUT2D eigenvalue weighted by Crippen LogP contribution is -2.26. The van der Waals surface area contributed by atoms with E-state index in [1.165, 1.54) is 69.2 Å². The maximum absolute atomic E-state index is 3.43. The first-order valence-electron chi connectivity index (χ1n) is 9.62. The van der Waals surface area contributed by atoms with Crippen LogP contribution in [-0.2, 0) is 6.42 Å². The van der Waals surface area contributed by atoms with E-state index in [0.29, 0.717) is 0 Å². The van der Waals surface area contributed by atoms with Gasteiger partial charge in [0.2, 0.25) is 0 Å². The van der Waals surface area contributed by atoms with Crippen molar-refractivity contribution < 1.29 is 0 Å². The maximum Gasteiger partial charge on any atom is -0.00431 e. The van der Waals surface area contributed by atoms with Crippen LogP contribution >= 0.6 is 0 Å². The van der Waals surface area contributed by atoms with Crippen molar-refractivity contribution in [1.29, 1.82) is 0 Å². The molecule has 0 aliphatic carbocycles. The SMILES string of the molecule is C/C=C(\C)CC.CCCCCc1ccc(C2CCNCC2)cc1. The van der Waals surface area contributed by atoms with Crippen molar-refractivity contribution in [3.05, 3.63) is 47.0 Å². The second kappa shape index (κ2) is 12.4. The molecule has 1 aliphatic rings. The third kappa shape index (κ3) is 8.37. The minimum Gasteiger partial charge on any atom is -0.317 e. The summed E-state index contributed by atoms with van der Waals surface area (Å²) in [6, 6.07) is 9.40. The van der Waals surface area contributed by atoms with Crippen molar-refractivity contribution in [3.63, 3.8) is 0 Å². The molecule has 1 aliphatic heterocycles. The predicted octanol–water partition coefficient (Wildman–Crippen LogP) is 6.25. The fourth-order valence-corrected chi connectivity index (χ4v) is 2.89. The molecule has 0 amide bonds. The van der Waals surface area contributed by atoms with Crippen LogP contribution in [0.25, 0.3) is 0 Å². The van der Waals surface area contributed by atoms with E-state index in [-0.39, 0.29) is 0 Å². The first kappa shape index (κ1) is 20.0. The molecule has 1 fully saturated rings. The molecule has 1 saturated heterocycles. The Morgan fingerprint density at radius 3 is 2.22 bits per heavy atom. The quantitative estimate of drug-likeness (QED) is 0.483. The Balaban J connectivity index is 0.000000379. The van der Waals surface area contributed by atoms with Crippen LogP contribution in [0.15, 0.2) is 35.9 Å². The van der Waals surface area contributed by atoms with E-state index in [4.69, 9.17) is 0 Å². The Hall–Kier alpha value is -1.08. The predicted molar refractivity (Wildman–Crippen MR) is 104 cm³/mol. The van der Waals surface area contributed by atoms with Gasteiger partial charge in [0.15, 0.2) is 0 Å². The molecule has 1 heteroatoms. The van der Waals surface area contributed by atoms with Crippen molar-refractivity contribution in [2.45, 2.75) is 78.6 Å². The van der Waals surface area contributed by atoms with Crippen LogP contribution in [0.2, 0.25) is 0 Å². The molecular formula is C22H37N. The lowest BCUT2D eigenvalue weighted by atomic mass is 9.89. The minimum atomic E-state index is 0.793. The average Bonchev–Trinajstić information content (AvgIpc) is 2.63. The highest BCUT2D eigenvalue weighted by atomic mass is 14.9. The van der Waals surface area contributed by atoms with Gasteiger partial charge in [0.25, 0.3) is 0 Å². The van der Waals surface area contributed by atoms with Gasteiger partial charge in [-0.25, -0.2) is 0 Å². The normalized spacial score (nSPS) is 15.9. The van der Waals surface area contributed by atoms with E-state index in [1.807, 2.05) is 0 Å². The summed E-state index contributed by atoms with van der Waals surface area (Å²) in [7, 11) is 0. The van der Waals surface area contributed by atoms with Crippen LogP contribution in [0.1, 0.15) is 83.3 Å². The summed E-state index contributed by atoms with van der Waals surface area (Å²) in [6.45, 7) is 11.0. The zero-order chi connectivity index (χ0) is 16.9. The van der Waals surface area contributed by atoms with Crippen LogP contribution in [0.4, 0.5) is 0 Å². The van der Waals surface area contributed by atoms with Crippen LogP contribution in [0.5, 0.6) is 0 Å². The maximum atomic E-state index is 3.43. The molecule has 130 valence electrons. The molecule has 23 heavy (non-hydrogen) atoms. The molecule has 1 N–H and O–H groups in total. The number of allylic oxidation sites excluding steroid dienone is 2. The highest BCUT2D eigenvalue weighted by Gasteiger charge is 2.14. The first-order chi connectivity index (χ1) is 11.2. The highest BCUT2D eigenvalue weighted by molar-refractivity contribution is 5.26. The Bertz CT molecular complexity index is 424. The van der Waals surface area contributed by atoms with Crippen LogP contribution < -0.4 is 5.32 Å². The summed E-state index contributed by atoms with van der Waals surface area (Å²) in [4.78, 5) is 0. The molecule has 1 aromatic rings. The first-order valence-corrected chi connectivity index (χ1v) is 9.62. The summed E-state index contributed by atoms with van der Waals surface area (Å²) in [6.07, 6.45) is 11.2. The Morgan fingerprint density at radius 1 is 1.09 bits per heavy atom. The van der Waals surface area contributed by atoms with E-state index >= 15 is 0 Å². The monoisotopic (exact) mass is 315 g/mol. The van der Waals surface area contributed by atoms with Crippen molar-refractivity contribution >= 4 is 0 Å². The molecule has 0 aromatic heterocycles. The molecule has 2 rings (SSSR count). The topological polar surface area (TPSA) is 12.0 Å². The van der Waals surface area contributed by atoms with Gasteiger partial charge in [0.05, 0.1) is 0 Å². The van der Waals surface area contributed by atoms with Crippen molar-refractivity contribution in [2.75, 3.05) is 13.1 Å². The van der Waals surface area contributed by atoms with Crippen molar-refractivity contribution in [1.82, 2.24) is 5.32 Å². The molecule has 0 saturated carbocycles. The Morgan fingerprint density at radius 2 is 1.74 bits per heavy atom. The fourth-order valence-electron chi connectivity index (χ4n) is 2.89. The number of aryl methyl sites for hydroxylation is 1. The van der Waals surface area contributed by atoms with Gasteiger partial charge < -0.3 is 5.32 Å². The summed E-state index contributed by atoms with van der Waals surface area (Å²) in [5, 5.41) is 3.43. The van der Waals surface area contributed by atoms with E-state index in [9.17, 15) is 0 Å². The van der Waals surface area contributed by atoms with E-state index in [2.05, 4.69) is 63.4 Å². The third-order valence-electron chi connectivity index (χ3n) is 4.91. The molecule has 1 nitrogen and oxygen atoms in total. The number of hydrogen-bond donors (Lipinski definition) is 1. The summed E-state index contributed by atoms with van der Waals surface area (Å²) in [5.74, 6) is 0.793. The number of nitrogens with one attached hydrogen (secondary N) is 1. The Kier molecular flexibility index (Phi) is 10.7. The Labute approximate surface area is 144 Å². The van der Waals surface area contributed by atoms with Gasteiger partial charge in [-0.2, -0.15) is 0 Å². The van der Waals surface area contributed by atoms with Gasteiger partial charge in [-0.1, -0.05) is 62.6 Å². The van der Waals surface area contributed by atoms with E-state index in [0.717, 1.165) is 5.92 Å². The zero-order valence-electron chi connectivity index (χ0n) is 15.8. The number of rotatable bonds is 6. The van der Waals surface area contributed by atoms with Gasteiger partial charge in [-0.15, -0.1) is 0 Å². The summed E-state index contributed by atoms with van der Waals surface area (Å²) in [5.41, 5.74) is 4.52. The molecule has 0 spiro atoms. The van der Waals surface area contributed by atoms with Gasteiger partial charge in [-0.05, 0) is 76.1 Å². The van der Waals surface area contributed by atoms with Crippen LogP contribution in [0, 0.1) is 0 Å². The zero-order valence-corrected chi connectivity index (χ0v) is 15.8. The largest absolute Gasteiger partial charge is 0.317 e. The lowest BCUT2D eigenvalue weighted by molar-refractivity contribution is 0.460. The highest BCUT2D eigenvalue weighted by Crippen LogP contribution is 2.25. The molecule has 1 aromatic carbocycles. The molecule has 0 radical (unpaired) electrons. The number of unbranched alkanes of at least 4 members (excludes halogenated alkanes) is 2. The van der Waals surface area contributed by atoms with Gasteiger partial charge >= 0.3 is 0 Å². The molecule has 0 atom stereocenters. The lowest BCUT2D eigenvalue weighted by Gasteiger charge is -2.23. The number of hydrogen-bond acceptors (Lipinski definition) is 1. The molecular weight excluding hydrogens is 278 g/mol. The van der Waals surface area contributed by atoms with E-state index < -0.39 is 0 Å². The second-order valence-corrected chi connectivity index (χ2v) is 6.71. The van der Waals surface area contributed by atoms with Crippen molar-refractivity contribution in [2.24, 2.45) is 0 Å². The van der Waals surface area contributed by atoms with E-state index in [1.54, 1.807) is 5.56 Å². The summed E-state index contributed by atoms with van der Waals surface area (Å²) < 4.78 is 0. The summed E-state index contributed by atoms with van der Waals surface area (Å²) >= 11 is 0. The van der Waals surface area contributed by atoms with Crippen LogP contribution in [-0.4, -0.2) is 13.1 Å². The molecule has 0 unspecified atom stereocenters. The number of benzene rings is 1. The van der Waals surface area contributed by atoms with Crippen LogP contribution in [0.3, 0.4) is 0 Å². The van der Waals surface area contributed by atoms with Crippen molar-refractivity contribution in [3.8, 4) is 0 Å². The fraction of sp³-hybridized carbons (Fsp3) is 0.636. The molecule has 0 bridgehead atoms. The smallest absolute Gasteiger partial charge is 0.00431 e. The standard InChI is InChI=1S/C16H25N.C6H12/c1-2-3-4-5-14-6-8-15(9-7-14)16-10-12-17-13-11-16;1-4-6(3)5-2/h6-9,16-17H,2-5,10-13H2,1H3;4H,5H2,1-3H3/b;6-4+. The van der Waals surface area contributed by atoms with Gasteiger partial charge in [0, 0.05) is 0 Å². The molecule has 1 heterocycles. The number of piperidine rings is 1. The minimum absolute atomic E-state index is 0.793. The van der Waals surface area contributed by atoms with Gasteiger partial charge in [0.1, 0.15) is 0 Å². The second-order valence-electron chi connectivity index (χ2n) is 6.71.